The topological polar surface area (TPSA) is 57.6 Å². The van der Waals surface area contributed by atoms with Gasteiger partial charge in [-0.15, -0.1) is 0 Å². The Kier molecular flexibility index (Phi) is 5.29. The van der Waals surface area contributed by atoms with E-state index in [0.717, 1.165) is 6.42 Å². The third kappa shape index (κ3) is 3.91. The first-order chi connectivity index (χ1) is 10.4. The van der Waals surface area contributed by atoms with E-state index in [1.54, 1.807) is 24.8 Å². The normalized spacial score (nSPS) is 20.7. The molecule has 0 aromatic heterocycles. The number of carbonyl (C=O) groups excluding carboxylic acids is 2. The Morgan fingerprint density at radius 1 is 1.41 bits per heavy atom. The van der Waals surface area contributed by atoms with E-state index in [4.69, 9.17) is 0 Å². The van der Waals surface area contributed by atoms with Gasteiger partial charge in [0.1, 0.15) is 5.82 Å². The fourth-order valence-corrected chi connectivity index (χ4v) is 2.82. The molecule has 1 N–H and O–H groups in total. The summed E-state index contributed by atoms with van der Waals surface area (Å²) in [4.78, 5) is 26.2. The van der Waals surface area contributed by atoms with Gasteiger partial charge in [-0.05, 0) is 25.5 Å². The van der Waals surface area contributed by atoms with E-state index in [0.29, 0.717) is 18.7 Å². The minimum Gasteiger partial charge on any atom is -0.393 e. The van der Waals surface area contributed by atoms with E-state index < -0.39 is 17.8 Å². The van der Waals surface area contributed by atoms with Crippen molar-refractivity contribution in [2.45, 2.75) is 32.8 Å². The van der Waals surface area contributed by atoms with Crippen molar-refractivity contribution < 1.29 is 19.1 Å². The van der Waals surface area contributed by atoms with Crippen LogP contribution >= 0.6 is 0 Å². The second kappa shape index (κ2) is 7.01. The highest BCUT2D eigenvalue weighted by atomic mass is 19.1. The van der Waals surface area contributed by atoms with E-state index >= 15 is 0 Å². The summed E-state index contributed by atoms with van der Waals surface area (Å²) < 4.78 is 13.2. The summed E-state index contributed by atoms with van der Waals surface area (Å²) in [5.41, 5.74) is 0.295. The van der Waals surface area contributed by atoms with Crippen LogP contribution in [0.15, 0.2) is 24.3 Å². The Balaban J connectivity index is 1.93. The summed E-state index contributed by atoms with van der Waals surface area (Å²) in [7, 11) is 0. The molecule has 3 unspecified atom stereocenters. The molecule has 22 heavy (non-hydrogen) atoms. The van der Waals surface area contributed by atoms with Gasteiger partial charge in [-0.25, -0.2) is 4.39 Å². The number of aliphatic hydroxyl groups excluding tert-OH is 1. The van der Waals surface area contributed by atoms with Gasteiger partial charge in [0.15, 0.2) is 5.78 Å². The van der Waals surface area contributed by atoms with Crippen LogP contribution in [0.3, 0.4) is 0 Å². The quantitative estimate of drug-likeness (QED) is 0.849. The van der Waals surface area contributed by atoms with Crippen LogP contribution in [0.1, 0.15) is 37.0 Å². The lowest BCUT2D eigenvalue weighted by molar-refractivity contribution is -0.131. The summed E-state index contributed by atoms with van der Waals surface area (Å²) in [5, 5.41) is 9.57. The van der Waals surface area contributed by atoms with Gasteiger partial charge in [-0.1, -0.05) is 19.1 Å². The number of hydrogen-bond acceptors (Lipinski definition) is 3. The number of amides is 1. The smallest absolute Gasteiger partial charge is 0.223 e. The van der Waals surface area contributed by atoms with Crippen molar-refractivity contribution in [1.82, 2.24) is 4.90 Å². The van der Waals surface area contributed by atoms with Crippen molar-refractivity contribution in [1.29, 1.82) is 0 Å². The first-order valence-electron chi connectivity index (χ1n) is 7.64. The van der Waals surface area contributed by atoms with Crippen molar-refractivity contribution in [3.8, 4) is 0 Å². The zero-order valence-electron chi connectivity index (χ0n) is 13.0. The number of benzene rings is 1. The van der Waals surface area contributed by atoms with Gasteiger partial charge < -0.3 is 10.0 Å². The van der Waals surface area contributed by atoms with Crippen molar-refractivity contribution in [3.05, 3.63) is 35.6 Å². The number of halogens is 1. The summed E-state index contributed by atoms with van der Waals surface area (Å²) in [5.74, 6) is -1.14. The second-order valence-corrected chi connectivity index (χ2v) is 6.11. The number of carbonyl (C=O) groups is 2. The van der Waals surface area contributed by atoms with Gasteiger partial charge in [-0.2, -0.15) is 0 Å². The lowest BCUT2D eigenvalue weighted by Crippen LogP contribution is -2.32. The van der Waals surface area contributed by atoms with Crippen LogP contribution in [-0.2, 0) is 4.79 Å². The summed E-state index contributed by atoms with van der Waals surface area (Å²) in [6, 6.07) is 5.53. The molecule has 1 aromatic carbocycles. The summed E-state index contributed by atoms with van der Waals surface area (Å²) in [6.45, 7) is 4.58. The molecule has 1 fully saturated rings. The van der Waals surface area contributed by atoms with Crippen molar-refractivity contribution >= 4 is 11.7 Å². The van der Waals surface area contributed by atoms with Crippen LogP contribution in [0.5, 0.6) is 0 Å². The van der Waals surface area contributed by atoms with Crippen LogP contribution in [0.4, 0.5) is 4.39 Å². The maximum atomic E-state index is 13.2. The molecule has 1 aliphatic rings. The highest BCUT2D eigenvalue weighted by molar-refractivity contribution is 5.99. The molecule has 120 valence electrons. The Morgan fingerprint density at radius 3 is 2.73 bits per heavy atom. The van der Waals surface area contributed by atoms with Gasteiger partial charge in [0.05, 0.1) is 6.10 Å². The molecule has 3 atom stereocenters. The van der Waals surface area contributed by atoms with Crippen molar-refractivity contribution in [2.24, 2.45) is 11.8 Å². The van der Waals surface area contributed by atoms with E-state index in [1.807, 2.05) is 0 Å². The average Bonchev–Trinajstić information content (AvgIpc) is 2.96. The first kappa shape index (κ1) is 16.6. The predicted octanol–water partition coefficient (Wildman–Crippen LogP) is 2.26. The van der Waals surface area contributed by atoms with Gasteiger partial charge in [0.25, 0.3) is 0 Å². The number of aliphatic hydroxyl groups is 1. The zero-order valence-corrected chi connectivity index (χ0v) is 13.0. The molecule has 0 radical (unpaired) electrons. The molecule has 0 spiro atoms. The molecular formula is C17H22FNO3. The average molecular weight is 307 g/mol. The fourth-order valence-electron chi connectivity index (χ4n) is 2.82. The Labute approximate surface area is 129 Å². The van der Waals surface area contributed by atoms with Crippen molar-refractivity contribution in [2.75, 3.05) is 13.1 Å². The second-order valence-electron chi connectivity index (χ2n) is 6.11. The van der Waals surface area contributed by atoms with Gasteiger partial charge in [0, 0.05) is 36.9 Å². The zero-order chi connectivity index (χ0) is 16.3. The van der Waals surface area contributed by atoms with E-state index in [2.05, 4.69) is 0 Å². The lowest BCUT2D eigenvalue weighted by atomic mass is 9.96. The van der Waals surface area contributed by atoms with Gasteiger partial charge in [0.2, 0.25) is 5.91 Å². The monoisotopic (exact) mass is 307 g/mol. The molecule has 1 heterocycles. The fraction of sp³-hybridized carbons (Fsp3) is 0.529. The number of ketones is 1. The molecular weight excluding hydrogens is 285 g/mol. The molecule has 0 saturated carbocycles. The molecule has 1 aliphatic heterocycles. The maximum Gasteiger partial charge on any atom is 0.223 e. The highest BCUT2D eigenvalue weighted by Crippen LogP contribution is 2.22. The van der Waals surface area contributed by atoms with Crippen LogP contribution in [0.2, 0.25) is 0 Å². The Bertz CT molecular complexity index is 559. The minimum atomic E-state index is -0.486. The summed E-state index contributed by atoms with van der Waals surface area (Å²) in [6.07, 6.45) is 0.474. The molecule has 5 heteroatoms. The number of likely N-dealkylation sites (tertiary alicyclic amines) is 1. The molecule has 2 rings (SSSR count). The SMILES string of the molecule is CC(CC(=O)N1CCC(C(C)O)C1)C(=O)c1cccc(F)c1. The van der Waals surface area contributed by atoms with Crippen LogP contribution in [-0.4, -0.2) is 40.9 Å². The van der Waals surface area contributed by atoms with Crippen LogP contribution < -0.4 is 0 Å². The van der Waals surface area contributed by atoms with Crippen LogP contribution in [0, 0.1) is 17.7 Å². The molecule has 1 aromatic rings. The maximum absolute atomic E-state index is 13.2. The Morgan fingerprint density at radius 2 is 2.14 bits per heavy atom. The third-order valence-corrected chi connectivity index (χ3v) is 4.30. The van der Waals surface area contributed by atoms with E-state index in [9.17, 15) is 19.1 Å². The molecule has 4 nitrogen and oxygen atoms in total. The minimum absolute atomic E-state index is 0.0830. The summed E-state index contributed by atoms with van der Waals surface area (Å²) >= 11 is 0. The number of nitrogens with zero attached hydrogens (tertiary/aromatic N) is 1. The largest absolute Gasteiger partial charge is 0.393 e. The number of hydrogen-bond donors (Lipinski definition) is 1. The molecule has 1 saturated heterocycles. The highest BCUT2D eigenvalue weighted by Gasteiger charge is 2.30. The van der Waals surface area contributed by atoms with E-state index in [1.165, 1.54) is 18.2 Å². The number of Topliss-reactive ketones (excluding diaryl/α,β-unsaturated/α-hetero) is 1. The molecule has 1 amide bonds. The first-order valence-corrected chi connectivity index (χ1v) is 7.64. The van der Waals surface area contributed by atoms with E-state index in [-0.39, 0.29) is 24.0 Å². The molecule has 0 bridgehead atoms. The van der Waals surface area contributed by atoms with Gasteiger partial charge >= 0.3 is 0 Å². The standard InChI is InChI=1S/C17H22FNO3/c1-11(17(22)13-4-3-5-15(18)9-13)8-16(21)19-7-6-14(10-19)12(2)20/h3-5,9,11-12,14,20H,6-8,10H2,1-2H3. The van der Waals surface area contributed by atoms with Crippen molar-refractivity contribution in [3.63, 3.8) is 0 Å². The molecule has 0 aliphatic carbocycles. The third-order valence-electron chi connectivity index (χ3n) is 4.30. The predicted molar refractivity (Wildman–Crippen MR) is 80.9 cm³/mol. The van der Waals surface area contributed by atoms with Crippen LogP contribution in [0.25, 0.3) is 0 Å². The van der Waals surface area contributed by atoms with Gasteiger partial charge in [-0.3, -0.25) is 9.59 Å². The Hall–Kier alpha value is -1.75. The lowest BCUT2D eigenvalue weighted by Gasteiger charge is -2.19. The number of rotatable bonds is 5.